The highest BCUT2D eigenvalue weighted by atomic mass is 16.5. The zero-order valence-corrected chi connectivity index (χ0v) is 17.0. The van der Waals surface area contributed by atoms with Gasteiger partial charge >= 0.3 is 5.97 Å². The molecule has 1 saturated carbocycles. The van der Waals surface area contributed by atoms with Crippen molar-refractivity contribution in [1.29, 1.82) is 0 Å². The second-order valence-electron chi connectivity index (χ2n) is 8.22. The van der Waals surface area contributed by atoms with Crippen LogP contribution < -0.4 is 10.1 Å². The maximum absolute atomic E-state index is 13.1. The van der Waals surface area contributed by atoms with Crippen LogP contribution in [0, 0.1) is 5.41 Å². The van der Waals surface area contributed by atoms with Crippen molar-refractivity contribution in [3.05, 3.63) is 29.8 Å². The SMILES string of the molecule is COc1cccc(C(=O)N[C@H](CCC(=O)O)C(=O)N2CCC3(CCCC3)CC2)c1. The number of benzene rings is 1. The van der Waals surface area contributed by atoms with Crippen molar-refractivity contribution < 1.29 is 24.2 Å². The fourth-order valence-corrected chi connectivity index (χ4v) is 4.58. The molecule has 7 heteroatoms. The number of carbonyl (C=O) groups excluding carboxylic acids is 2. The number of ether oxygens (including phenoxy) is 1. The molecule has 1 aliphatic carbocycles. The molecule has 1 spiro atoms. The Morgan fingerprint density at radius 1 is 1.17 bits per heavy atom. The number of amides is 2. The number of carbonyl (C=O) groups is 3. The summed E-state index contributed by atoms with van der Waals surface area (Å²) in [5, 5.41) is 11.8. The summed E-state index contributed by atoms with van der Waals surface area (Å²) in [6.45, 7) is 1.36. The van der Waals surface area contributed by atoms with Crippen LogP contribution in [0.15, 0.2) is 24.3 Å². The molecule has 1 heterocycles. The lowest BCUT2D eigenvalue weighted by Crippen LogP contribution is -2.52. The number of carboxylic acid groups (broad SMARTS) is 1. The van der Waals surface area contributed by atoms with Crippen molar-refractivity contribution in [2.24, 2.45) is 5.41 Å². The van der Waals surface area contributed by atoms with Gasteiger partial charge in [0.2, 0.25) is 5.91 Å². The van der Waals surface area contributed by atoms with E-state index in [1.54, 1.807) is 29.2 Å². The molecule has 0 bridgehead atoms. The molecule has 7 nitrogen and oxygen atoms in total. The van der Waals surface area contributed by atoms with Gasteiger partial charge in [-0.3, -0.25) is 14.4 Å². The molecule has 1 atom stereocenters. The van der Waals surface area contributed by atoms with E-state index in [1.807, 2.05) is 0 Å². The van der Waals surface area contributed by atoms with E-state index >= 15 is 0 Å². The number of nitrogens with one attached hydrogen (secondary N) is 1. The van der Waals surface area contributed by atoms with Gasteiger partial charge in [-0.2, -0.15) is 0 Å². The zero-order valence-electron chi connectivity index (χ0n) is 17.0. The van der Waals surface area contributed by atoms with Crippen molar-refractivity contribution in [2.75, 3.05) is 20.2 Å². The minimum absolute atomic E-state index is 0.0749. The summed E-state index contributed by atoms with van der Waals surface area (Å²) in [4.78, 5) is 38.6. The van der Waals surface area contributed by atoms with Crippen LogP contribution in [-0.4, -0.2) is 54.0 Å². The van der Waals surface area contributed by atoms with Crippen molar-refractivity contribution in [1.82, 2.24) is 10.2 Å². The summed E-state index contributed by atoms with van der Waals surface area (Å²) in [7, 11) is 1.52. The Balaban J connectivity index is 1.66. The minimum atomic E-state index is -0.984. The summed E-state index contributed by atoms with van der Waals surface area (Å²) >= 11 is 0. The molecule has 0 unspecified atom stereocenters. The first-order valence-corrected chi connectivity index (χ1v) is 10.4. The highest BCUT2D eigenvalue weighted by Crippen LogP contribution is 2.46. The summed E-state index contributed by atoms with van der Waals surface area (Å²) in [6.07, 6.45) is 6.91. The lowest BCUT2D eigenvalue weighted by atomic mass is 9.77. The smallest absolute Gasteiger partial charge is 0.303 e. The predicted molar refractivity (Wildman–Crippen MR) is 108 cm³/mol. The molecular weight excluding hydrogens is 372 g/mol. The number of hydrogen-bond acceptors (Lipinski definition) is 4. The average molecular weight is 402 g/mol. The van der Waals surface area contributed by atoms with Gasteiger partial charge in [0.05, 0.1) is 7.11 Å². The number of likely N-dealkylation sites (tertiary alicyclic amines) is 1. The van der Waals surface area contributed by atoms with E-state index in [0.717, 1.165) is 12.8 Å². The normalized spacial score (nSPS) is 19.0. The van der Waals surface area contributed by atoms with Gasteiger partial charge in [0, 0.05) is 25.1 Å². The Labute approximate surface area is 171 Å². The van der Waals surface area contributed by atoms with Crippen LogP contribution in [0.25, 0.3) is 0 Å². The van der Waals surface area contributed by atoms with Gasteiger partial charge in [0.25, 0.3) is 5.91 Å². The molecule has 1 aromatic carbocycles. The van der Waals surface area contributed by atoms with Gasteiger partial charge < -0.3 is 20.1 Å². The van der Waals surface area contributed by atoms with Gasteiger partial charge in [0.1, 0.15) is 11.8 Å². The van der Waals surface area contributed by atoms with E-state index in [-0.39, 0.29) is 18.7 Å². The molecule has 3 rings (SSSR count). The van der Waals surface area contributed by atoms with Gasteiger partial charge in [-0.1, -0.05) is 18.9 Å². The number of hydrogen-bond donors (Lipinski definition) is 2. The van der Waals surface area contributed by atoms with Crippen LogP contribution in [0.3, 0.4) is 0 Å². The second kappa shape index (κ2) is 9.29. The van der Waals surface area contributed by atoms with Crippen LogP contribution >= 0.6 is 0 Å². The molecule has 0 aromatic heterocycles. The number of rotatable bonds is 7. The number of aliphatic carboxylic acids is 1. The van der Waals surface area contributed by atoms with Crippen molar-refractivity contribution in [3.63, 3.8) is 0 Å². The topological polar surface area (TPSA) is 95.9 Å². The highest BCUT2D eigenvalue weighted by molar-refractivity contribution is 5.98. The second-order valence-corrected chi connectivity index (χ2v) is 8.22. The van der Waals surface area contributed by atoms with E-state index < -0.39 is 17.9 Å². The van der Waals surface area contributed by atoms with Crippen molar-refractivity contribution >= 4 is 17.8 Å². The van der Waals surface area contributed by atoms with Gasteiger partial charge in [-0.25, -0.2) is 0 Å². The molecule has 0 radical (unpaired) electrons. The third-order valence-corrected chi connectivity index (χ3v) is 6.38. The summed E-state index contributed by atoms with van der Waals surface area (Å²) < 4.78 is 5.14. The van der Waals surface area contributed by atoms with Crippen molar-refractivity contribution in [2.45, 2.75) is 57.4 Å². The van der Waals surface area contributed by atoms with Crippen LogP contribution in [0.5, 0.6) is 5.75 Å². The molecule has 2 N–H and O–H groups in total. The number of nitrogens with zero attached hydrogens (tertiary/aromatic N) is 1. The van der Waals surface area contributed by atoms with Crippen molar-refractivity contribution in [3.8, 4) is 5.75 Å². The lowest BCUT2D eigenvalue weighted by molar-refractivity contribution is -0.138. The Hall–Kier alpha value is -2.57. The summed E-state index contributed by atoms with van der Waals surface area (Å²) in [5.74, 6) is -1.03. The third-order valence-electron chi connectivity index (χ3n) is 6.38. The molecule has 158 valence electrons. The number of methoxy groups -OCH3 is 1. The largest absolute Gasteiger partial charge is 0.497 e. The fraction of sp³-hybridized carbons (Fsp3) is 0.591. The van der Waals surface area contributed by atoms with E-state index in [0.29, 0.717) is 29.8 Å². The molecule has 2 amide bonds. The molecule has 1 aromatic rings. The Morgan fingerprint density at radius 2 is 1.86 bits per heavy atom. The van der Waals surface area contributed by atoms with Crippen LogP contribution in [0.4, 0.5) is 0 Å². The Morgan fingerprint density at radius 3 is 2.48 bits per heavy atom. The monoisotopic (exact) mass is 402 g/mol. The minimum Gasteiger partial charge on any atom is -0.497 e. The Kier molecular flexibility index (Phi) is 6.77. The molecule has 2 aliphatic rings. The standard InChI is InChI=1S/C22H30N2O5/c1-29-17-6-4-5-16(15-17)20(27)23-18(7-8-19(25)26)21(28)24-13-11-22(12-14-24)9-2-3-10-22/h4-6,15,18H,2-3,7-14H2,1H3,(H,23,27)(H,25,26)/t18-/m1/s1. The van der Waals surface area contributed by atoms with Crippen LogP contribution in [0.2, 0.25) is 0 Å². The maximum atomic E-state index is 13.1. The van der Waals surface area contributed by atoms with E-state index in [9.17, 15) is 14.4 Å². The lowest BCUT2D eigenvalue weighted by Gasteiger charge is -2.40. The van der Waals surface area contributed by atoms with Gasteiger partial charge in [-0.15, -0.1) is 0 Å². The number of piperidine rings is 1. The fourth-order valence-electron chi connectivity index (χ4n) is 4.58. The van der Waals surface area contributed by atoms with Gasteiger partial charge in [0.15, 0.2) is 0 Å². The van der Waals surface area contributed by atoms with Gasteiger partial charge in [-0.05, 0) is 55.7 Å². The average Bonchev–Trinajstić information content (AvgIpc) is 3.18. The highest BCUT2D eigenvalue weighted by Gasteiger charge is 2.39. The first-order chi connectivity index (χ1) is 13.9. The van der Waals surface area contributed by atoms with E-state index in [2.05, 4.69) is 5.32 Å². The molecule has 1 saturated heterocycles. The molecule has 29 heavy (non-hydrogen) atoms. The number of carboxylic acids is 1. The quantitative estimate of drug-likeness (QED) is 0.731. The molecular formula is C22H30N2O5. The first kappa shape index (κ1) is 21.1. The molecule has 1 aliphatic heterocycles. The maximum Gasteiger partial charge on any atom is 0.303 e. The van der Waals surface area contributed by atoms with Crippen LogP contribution in [-0.2, 0) is 9.59 Å². The molecule has 2 fully saturated rings. The van der Waals surface area contributed by atoms with E-state index in [1.165, 1.54) is 32.8 Å². The summed E-state index contributed by atoms with van der Waals surface area (Å²) in [6, 6.07) is 5.83. The summed E-state index contributed by atoms with van der Waals surface area (Å²) in [5.41, 5.74) is 0.762. The van der Waals surface area contributed by atoms with E-state index in [4.69, 9.17) is 9.84 Å². The predicted octanol–water partition coefficient (Wildman–Crippen LogP) is 2.84. The zero-order chi connectivity index (χ0) is 20.9. The first-order valence-electron chi connectivity index (χ1n) is 10.4. The third kappa shape index (κ3) is 5.28. The Bertz CT molecular complexity index is 747. The van der Waals surface area contributed by atoms with Crippen LogP contribution in [0.1, 0.15) is 61.7 Å².